The van der Waals surface area contributed by atoms with Crippen LogP contribution in [0.4, 0.5) is 13.2 Å². The predicted molar refractivity (Wildman–Crippen MR) is 52.7 cm³/mol. The van der Waals surface area contributed by atoms with Crippen LogP contribution in [0.15, 0.2) is 6.33 Å². The fourth-order valence-corrected chi connectivity index (χ4v) is 1.22. The molecule has 1 N–H and O–H groups in total. The van der Waals surface area contributed by atoms with Gasteiger partial charge in [0, 0.05) is 0 Å². The van der Waals surface area contributed by atoms with E-state index in [9.17, 15) is 13.2 Å². The molecule has 0 aromatic carbocycles. The smallest absolute Gasteiger partial charge is 0.310 e. The van der Waals surface area contributed by atoms with Crippen LogP contribution in [0.25, 0.3) is 0 Å². The summed E-state index contributed by atoms with van der Waals surface area (Å²) in [4.78, 5) is 3.91. The zero-order valence-electron chi connectivity index (χ0n) is 9.09. The van der Waals surface area contributed by atoms with Crippen LogP contribution < -0.4 is 5.32 Å². The SMILES string of the molecule is CCCNCc1ncnn1CCC(F)(F)F. The maximum Gasteiger partial charge on any atom is 0.390 e. The highest BCUT2D eigenvalue weighted by molar-refractivity contribution is 4.83. The minimum Gasteiger partial charge on any atom is -0.310 e. The van der Waals surface area contributed by atoms with Crippen molar-refractivity contribution in [2.75, 3.05) is 6.54 Å². The van der Waals surface area contributed by atoms with E-state index >= 15 is 0 Å². The highest BCUT2D eigenvalue weighted by atomic mass is 19.4. The molecule has 7 heteroatoms. The molecule has 0 saturated heterocycles. The predicted octanol–water partition coefficient (Wildman–Crippen LogP) is 1.73. The average Bonchev–Trinajstić information content (AvgIpc) is 2.62. The van der Waals surface area contributed by atoms with Crippen molar-refractivity contribution in [1.29, 1.82) is 0 Å². The Morgan fingerprint density at radius 1 is 1.44 bits per heavy atom. The fraction of sp³-hybridized carbons (Fsp3) is 0.778. The normalized spacial score (nSPS) is 12.0. The molecule has 0 spiro atoms. The second kappa shape index (κ2) is 5.83. The van der Waals surface area contributed by atoms with E-state index in [1.54, 1.807) is 0 Å². The topological polar surface area (TPSA) is 42.7 Å². The zero-order valence-corrected chi connectivity index (χ0v) is 9.09. The summed E-state index contributed by atoms with van der Waals surface area (Å²) in [6.45, 7) is 3.10. The van der Waals surface area contributed by atoms with Crippen molar-refractivity contribution in [2.45, 2.75) is 39.0 Å². The molecule has 0 fully saturated rings. The van der Waals surface area contributed by atoms with E-state index in [-0.39, 0.29) is 6.54 Å². The van der Waals surface area contributed by atoms with Gasteiger partial charge in [0.05, 0.1) is 19.5 Å². The molecule has 92 valence electrons. The molecule has 0 saturated carbocycles. The Balaban J connectivity index is 2.44. The van der Waals surface area contributed by atoms with Gasteiger partial charge in [-0.2, -0.15) is 18.3 Å². The minimum absolute atomic E-state index is 0.174. The lowest BCUT2D eigenvalue weighted by Crippen LogP contribution is -2.20. The molecule has 1 rings (SSSR count). The van der Waals surface area contributed by atoms with Gasteiger partial charge in [-0.05, 0) is 13.0 Å². The number of alkyl halides is 3. The first-order valence-electron chi connectivity index (χ1n) is 5.17. The quantitative estimate of drug-likeness (QED) is 0.765. The molecule has 16 heavy (non-hydrogen) atoms. The third-order valence-corrected chi connectivity index (χ3v) is 2.01. The van der Waals surface area contributed by atoms with Gasteiger partial charge in [-0.3, -0.25) is 0 Å². The number of aryl methyl sites for hydroxylation is 1. The summed E-state index contributed by atoms with van der Waals surface area (Å²) in [5.41, 5.74) is 0. The van der Waals surface area contributed by atoms with Gasteiger partial charge >= 0.3 is 6.18 Å². The molecular weight excluding hydrogens is 221 g/mol. The summed E-state index contributed by atoms with van der Waals surface area (Å²) < 4.78 is 37.3. The molecule has 1 aromatic rings. The maximum absolute atomic E-state index is 12.0. The van der Waals surface area contributed by atoms with Crippen molar-refractivity contribution in [3.05, 3.63) is 12.2 Å². The lowest BCUT2D eigenvalue weighted by Gasteiger charge is -2.08. The van der Waals surface area contributed by atoms with Gasteiger partial charge < -0.3 is 5.32 Å². The standard InChI is InChI=1S/C9H15F3N4/c1-2-4-13-6-8-14-7-15-16(8)5-3-9(10,11)12/h7,13H,2-6H2,1H3. The summed E-state index contributed by atoms with van der Waals surface area (Å²) >= 11 is 0. The lowest BCUT2D eigenvalue weighted by molar-refractivity contribution is -0.137. The Kier molecular flexibility index (Phi) is 4.72. The van der Waals surface area contributed by atoms with Crippen LogP contribution in [0.2, 0.25) is 0 Å². The van der Waals surface area contributed by atoms with Crippen LogP contribution in [-0.2, 0) is 13.1 Å². The number of halogens is 3. The van der Waals surface area contributed by atoms with Crippen LogP contribution in [0.5, 0.6) is 0 Å². The van der Waals surface area contributed by atoms with Crippen molar-refractivity contribution in [3.8, 4) is 0 Å². The Morgan fingerprint density at radius 3 is 2.81 bits per heavy atom. The number of hydrogen-bond donors (Lipinski definition) is 1. The van der Waals surface area contributed by atoms with Crippen LogP contribution in [0, 0.1) is 0 Å². The van der Waals surface area contributed by atoms with Gasteiger partial charge in [0.1, 0.15) is 12.2 Å². The summed E-state index contributed by atoms with van der Waals surface area (Å²) in [5, 5.41) is 6.83. The van der Waals surface area contributed by atoms with Crippen LogP contribution in [0.3, 0.4) is 0 Å². The first kappa shape index (κ1) is 13.0. The molecule has 0 bridgehead atoms. The van der Waals surface area contributed by atoms with Gasteiger partial charge in [-0.15, -0.1) is 0 Å². The van der Waals surface area contributed by atoms with Gasteiger partial charge in [0.25, 0.3) is 0 Å². The minimum atomic E-state index is -4.15. The second-order valence-corrected chi connectivity index (χ2v) is 3.44. The molecule has 0 aliphatic rings. The third-order valence-electron chi connectivity index (χ3n) is 2.01. The Labute approximate surface area is 91.9 Å². The number of hydrogen-bond acceptors (Lipinski definition) is 3. The van der Waals surface area contributed by atoms with Crippen molar-refractivity contribution in [3.63, 3.8) is 0 Å². The lowest BCUT2D eigenvalue weighted by atomic mass is 10.4. The van der Waals surface area contributed by atoms with Crippen molar-refractivity contribution in [2.24, 2.45) is 0 Å². The van der Waals surface area contributed by atoms with E-state index in [2.05, 4.69) is 15.4 Å². The van der Waals surface area contributed by atoms with Crippen LogP contribution in [-0.4, -0.2) is 27.5 Å². The highest BCUT2D eigenvalue weighted by Gasteiger charge is 2.27. The number of nitrogens with one attached hydrogen (secondary N) is 1. The Morgan fingerprint density at radius 2 is 2.19 bits per heavy atom. The van der Waals surface area contributed by atoms with Crippen molar-refractivity contribution in [1.82, 2.24) is 20.1 Å². The van der Waals surface area contributed by atoms with Gasteiger partial charge in [-0.25, -0.2) is 9.67 Å². The molecule has 0 aliphatic carbocycles. The van der Waals surface area contributed by atoms with Gasteiger partial charge in [0.2, 0.25) is 0 Å². The molecule has 0 unspecified atom stereocenters. The van der Waals surface area contributed by atoms with Gasteiger partial charge in [0.15, 0.2) is 0 Å². The van der Waals surface area contributed by atoms with E-state index in [4.69, 9.17) is 0 Å². The average molecular weight is 236 g/mol. The van der Waals surface area contributed by atoms with Crippen molar-refractivity contribution < 1.29 is 13.2 Å². The third kappa shape index (κ3) is 4.61. The van der Waals surface area contributed by atoms with Gasteiger partial charge in [-0.1, -0.05) is 6.92 Å². The molecule has 0 atom stereocenters. The van der Waals surface area contributed by atoms with Crippen LogP contribution in [0.1, 0.15) is 25.6 Å². The molecular formula is C9H15F3N4. The molecule has 4 nitrogen and oxygen atoms in total. The van der Waals surface area contributed by atoms with E-state index in [0.717, 1.165) is 13.0 Å². The summed E-state index contributed by atoms with van der Waals surface area (Å²) in [6.07, 6.45) is -2.78. The zero-order chi connectivity index (χ0) is 12.0. The van der Waals surface area contributed by atoms with E-state index < -0.39 is 12.6 Å². The highest BCUT2D eigenvalue weighted by Crippen LogP contribution is 2.20. The van der Waals surface area contributed by atoms with E-state index in [1.807, 2.05) is 6.92 Å². The summed E-state index contributed by atoms with van der Waals surface area (Å²) in [5.74, 6) is 0.540. The first-order valence-corrected chi connectivity index (χ1v) is 5.17. The monoisotopic (exact) mass is 236 g/mol. The number of rotatable bonds is 6. The number of aromatic nitrogens is 3. The largest absolute Gasteiger partial charge is 0.390 e. The maximum atomic E-state index is 12.0. The molecule has 1 heterocycles. The molecule has 0 radical (unpaired) electrons. The Bertz CT molecular complexity index is 308. The molecule has 0 aliphatic heterocycles. The fourth-order valence-electron chi connectivity index (χ4n) is 1.22. The number of nitrogens with zero attached hydrogens (tertiary/aromatic N) is 3. The van der Waals surface area contributed by atoms with Crippen LogP contribution >= 0.6 is 0 Å². The van der Waals surface area contributed by atoms with E-state index in [1.165, 1.54) is 11.0 Å². The van der Waals surface area contributed by atoms with Crippen molar-refractivity contribution >= 4 is 0 Å². The molecule has 1 aromatic heterocycles. The van der Waals surface area contributed by atoms with E-state index in [0.29, 0.717) is 12.4 Å². The first-order chi connectivity index (χ1) is 7.53. The summed E-state index contributed by atoms with van der Waals surface area (Å²) in [6, 6.07) is 0. The Hall–Kier alpha value is -1.11. The molecule has 0 amide bonds. The second-order valence-electron chi connectivity index (χ2n) is 3.44. The summed E-state index contributed by atoms with van der Waals surface area (Å²) in [7, 11) is 0.